The van der Waals surface area contributed by atoms with Crippen LogP contribution in [0.1, 0.15) is 41.7 Å². The van der Waals surface area contributed by atoms with Crippen LogP contribution in [0.2, 0.25) is 0 Å². The summed E-state index contributed by atoms with van der Waals surface area (Å²) < 4.78 is 0.494. The lowest BCUT2D eigenvalue weighted by atomic mass is 10.1. The minimum atomic E-state index is -0.811. The van der Waals surface area contributed by atoms with Gasteiger partial charge in [0.2, 0.25) is 0 Å². The molecule has 1 aromatic heterocycles. The van der Waals surface area contributed by atoms with Gasteiger partial charge < -0.3 is 10.4 Å². The van der Waals surface area contributed by atoms with Gasteiger partial charge in [0.25, 0.3) is 11.8 Å². The molecule has 3 rings (SSSR count). The number of nitrogens with zero attached hydrogens (tertiary/aromatic N) is 2. The summed E-state index contributed by atoms with van der Waals surface area (Å²) in [6.07, 6.45) is 3.85. The van der Waals surface area contributed by atoms with Crippen molar-refractivity contribution in [2.24, 2.45) is 0 Å². The number of aromatic nitrogens is 1. The monoisotopic (exact) mass is 469 g/mol. The van der Waals surface area contributed by atoms with E-state index in [1.165, 1.54) is 11.8 Å². The minimum Gasteiger partial charge on any atom is -0.481 e. The van der Waals surface area contributed by atoms with Gasteiger partial charge in [0, 0.05) is 31.1 Å². The molecule has 0 aliphatic carbocycles. The second-order valence-electron chi connectivity index (χ2n) is 7.15. The summed E-state index contributed by atoms with van der Waals surface area (Å²) in [5.41, 5.74) is 2.66. The van der Waals surface area contributed by atoms with E-state index in [1.807, 2.05) is 24.3 Å². The molecule has 2 heterocycles. The van der Waals surface area contributed by atoms with Crippen LogP contribution in [-0.4, -0.2) is 50.7 Å². The first-order chi connectivity index (χ1) is 15.4. The van der Waals surface area contributed by atoms with Gasteiger partial charge in [-0.15, -0.1) is 0 Å². The highest BCUT2D eigenvalue weighted by molar-refractivity contribution is 8.26. The summed E-state index contributed by atoms with van der Waals surface area (Å²) in [5, 5.41) is 11.3. The van der Waals surface area contributed by atoms with Gasteiger partial charge in [0.15, 0.2) is 0 Å². The third-order valence-corrected chi connectivity index (χ3v) is 6.22. The van der Waals surface area contributed by atoms with Gasteiger partial charge in [-0.1, -0.05) is 48.6 Å². The number of aliphatic carboxylic acids is 1. The van der Waals surface area contributed by atoms with Crippen LogP contribution in [0.25, 0.3) is 17.3 Å². The van der Waals surface area contributed by atoms with Crippen LogP contribution in [-0.2, 0) is 9.59 Å². The number of carboxylic acids is 1. The number of amides is 2. The highest BCUT2D eigenvalue weighted by Gasteiger charge is 2.31. The van der Waals surface area contributed by atoms with Crippen LogP contribution in [0.4, 0.5) is 0 Å². The zero-order chi connectivity index (χ0) is 23.1. The lowest BCUT2D eigenvalue weighted by Crippen LogP contribution is -2.29. The highest BCUT2D eigenvalue weighted by Crippen LogP contribution is 2.33. The van der Waals surface area contributed by atoms with Gasteiger partial charge in [-0.25, -0.2) is 4.98 Å². The maximum Gasteiger partial charge on any atom is 0.303 e. The van der Waals surface area contributed by atoms with E-state index >= 15 is 0 Å². The van der Waals surface area contributed by atoms with E-state index in [4.69, 9.17) is 17.3 Å². The van der Waals surface area contributed by atoms with E-state index in [2.05, 4.69) is 10.3 Å². The van der Waals surface area contributed by atoms with Crippen LogP contribution in [0, 0.1) is 0 Å². The van der Waals surface area contributed by atoms with Gasteiger partial charge >= 0.3 is 5.97 Å². The smallest absolute Gasteiger partial charge is 0.303 e. The molecule has 1 aliphatic heterocycles. The van der Waals surface area contributed by atoms with Crippen LogP contribution in [0.3, 0.4) is 0 Å². The predicted octanol–water partition coefficient (Wildman–Crippen LogP) is 3.95. The molecular formula is C23H23N3O4S2. The number of hydrogen-bond donors (Lipinski definition) is 2. The van der Waals surface area contributed by atoms with Crippen molar-refractivity contribution in [1.82, 2.24) is 15.2 Å². The lowest BCUT2D eigenvalue weighted by molar-refractivity contribution is -0.137. The molecule has 2 amide bonds. The molecule has 0 unspecified atom stereocenters. The first-order valence-electron chi connectivity index (χ1n) is 10.2. The first kappa shape index (κ1) is 23.6. The maximum absolute atomic E-state index is 12.8. The number of thiocarbonyl (C=S) groups is 1. The molecule has 2 N–H and O–H groups in total. The topological polar surface area (TPSA) is 99.6 Å². The molecule has 1 fully saturated rings. The Kier molecular flexibility index (Phi) is 8.13. The molecule has 166 valence electrons. The number of unbranched alkanes of at least 4 members (excludes halogenated alkanes) is 2. The molecule has 9 heteroatoms. The van der Waals surface area contributed by atoms with E-state index in [9.17, 15) is 14.4 Å². The zero-order valence-corrected chi connectivity index (χ0v) is 19.2. The van der Waals surface area contributed by atoms with Gasteiger partial charge in [-0.3, -0.25) is 19.3 Å². The Morgan fingerprint density at radius 2 is 1.97 bits per heavy atom. The van der Waals surface area contributed by atoms with Crippen molar-refractivity contribution in [2.75, 3.05) is 13.6 Å². The van der Waals surface area contributed by atoms with Crippen molar-refractivity contribution in [2.45, 2.75) is 25.7 Å². The molecular weight excluding hydrogens is 446 g/mol. The van der Waals surface area contributed by atoms with Gasteiger partial charge in [-0.05, 0) is 43.2 Å². The summed E-state index contributed by atoms with van der Waals surface area (Å²) in [6.45, 7) is 0.474. The Bertz CT molecular complexity index is 1080. The average Bonchev–Trinajstić information content (AvgIpc) is 3.05. The number of thioether (sulfide) groups is 1. The van der Waals surface area contributed by atoms with E-state index in [0.29, 0.717) is 45.6 Å². The Morgan fingerprint density at radius 3 is 2.72 bits per heavy atom. The number of benzene rings is 1. The normalized spacial score (nSPS) is 14.8. The number of rotatable bonds is 9. The molecule has 0 saturated carbocycles. The SMILES string of the molecule is CNC(=O)c1cccc(-c2cccc(C=C3SC(=S)N(CCCCCC(=O)O)C3=O)n2)c1. The molecule has 0 radical (unpaired) electrons. The fraction of sp³-hybridized carbons (Fsp3) is 0.261. The molecule has 0 spiro atoms. The van der Waals surface area contributed by atoms with E-state index < -0.39 is 5.97 Å². The molecule has 2 aromatic rings. The van der Waals surface area contributed by atoms with E-state index in [0.717, 1.165) is 12.0 Å². The fourth-order valence-corrected chi connectivity index (χ4v) is 4.50. The number of carbonyl (C=O) groups excluding carboxylic acids is 2. The van der Waals surface area contributed by atoms with Gasteiger partial charge in [0.1, 0.15) is 4.32 Å². The highest BCUT2D eigenvalue weighted by atomic mass is 32.2. The van der Waals surface area contributed by atoms with Crippen molar-refractivity contribution < 1.29 is 19.5 Å². The molecule has 1 aliphatic rings. The Hall–Kier alpha value is -3.04. The van der Waals surface area contributed by atoms with E-state index in [1.54, 1.807) is 36.2 Å². The second-order valence-corrected chi connectivity index (χ2v) is 8.82. The van der Waals surface area contributed by atoms with Gasteiger partial charge in [0.05, 0.1) is 16.3 Å². The maximum atomic E-state index is 12.8. The molecule has 1 aromatic carbocycles. The summed E-state index contributed by atoms with van der Waals surface area (Å²) in [6, 6.07) is 12.7. The van der Waals surface area contributed by atoms with Crippen molar-refractivity contribution >= 4 is 52.2 Å². The Labute approximate surface area is 195 Å². The van der Waals surface area contributed by atoms with Crippen molar-refractivity contribution in [1.29, 1.82) is 0 Å². The van der Waals surface area contributed by atoms with Crippen LogP contribution < -0.4 is 5.32 Å². The molecule has 32 heavy (non-hydrogen) atoms. The quantitative estimate of drug-likeness (QED) is 0.326. The zero-order valence-electron chi connectivity index (χ0n) is 17.5. The third kappa shape index (κ3) is 6.02. The Balaban J connectivity index is 1.71. The number of nitrogens with one attached hydrogen (secondary N) is 1. The minimum absolute atomic E-state index is 0.131. The summed E-state index contributed by atoms with van der Waals surface area (Å²) >= 11 is 6.60. The number of pyridine rings is 1. The van der Waals surface area contributed by atoms with Crippen LogP contribution in [0.5, 0.6) is 0 Å². The van der Waals surface area contributed by atoms with Crippen LogP contribution in [0.15, 0.2) is 47.4 Å². The standard InChI is InChI=1S/C23H23N3O4S2/c1-24-21(29)16-8-5-7-15(13-16)18-10-6-9-17(25-18)14-19-22(30)26(23(31)32-19)12-4-2-3-11-20(27)28/h5-10,13-14H,2-4,11-12H2,1H3,(H,24,29)(H,27,28). The second kappa shape index (κ2) is 11.0. The Morgan fingerprint density at radius 1 is 1.19 bits per heavy atom. The molecule has 1 saturated heterocycles. The van der Waals surface area contributed by atoms with Gasteiger partial charge in [-0.2, -0.15) is 0 Å². The fourth-order valence-electron chi connectivity index (χ4n) is 3.21. The largest absolute Gasteiger partial charge is 0.481 e. The van der Waals surface area contributed by atoms with Crippen molar-refractivity contribution in [3.05, 3.63) is 58.6 Å². The number of carbonyl (C=O) groups is 3. The molecule has 7 nitrogen and oxygen atoms in total. The summed E-state index contributed by atoms with van der Waals surface area (Å²) in [5.74, 6) is -1.14. The average molecular weight is 470 g/mol. The number of hydrogen-bond acceptors (Lipinski definition) is 6. The van der Waals surface area contributed by atoms with Crippen molar-refractivity contribution in [3.8, 4) is 11.3 Å². The number of carboxylic acid groups (broad SMARTS) is 1. The van der Waals surface area contributed by atoms with Crippen molar-refractivity contribution in [3.63, 3.8) is 0 Å². The third-order valence-electron chi connectivity index (χ3n) is 4.84. The molecule has 0 atom stereocenters. The lowest BCUT2D eigenvalue weighted by Gasteiger charge is -2.13. The summed E-state index contributed by atoms with van der Waals surface area (Å²) in [7, 11) is 1.58. The molecule has 0 bridgehead atoms. The summed E-state index contributed by atoms with van der Waals surface area (Å²) in [4.78, 5) is 42.0. The van der Waals surface area contributed by atoms with Crippen LogP contribution >= 0.6 is 24.0 Å². The predicted molar refractivity (Wildman–Crippen MR) is 129 cm³/mol. The first-order valence-corrected chi connectivity index (χ1v) is 11.4. The van der Waals surface area contributed by atoms with E-state index in [-0.39, 0.29) is 18.2 Å².